The average molecular weight is 688 g/mol. The van der Waals surface area contributed by atoms with E-state index in [1.54, 1.807) is 26.1 Å². The lowest BCUT2D eigenvalue weighted by Gasteiger charge is -2.36. The van der Waals surface area contributed by atoms with Crippen LogP contribution in [0.15, 0.2) is 30.6 Å². The van der Waals surface area contributed by atoms with Gasteiger partial charge in [0, 0.05) is 24.4 Å². The Morgan fingerprint density at radius 1 is 1.12 bits per heavy atom. The molecule has 2 aliphatic heterocycles. The summed E-state index contributed by atoms with van der Waals surface area (Å²) in [5, 5.41) is 11.3. The number of benzene rings is 2. The Bertz CT molecular complexity index is 1700. The van der Waals surface area contributed by atoms with E-state index in [-0.39, 0.29) is 35.1 Å². The van der Waals surface area contributed by atoms with Crippen molar-refractivity contribution in [3.63, 3.8) is 0 Å². The predicted molar refractivity (Wildman–Crippen MR) is 177 cm³/mol. The third-order valence-electron chi connectivity index (χ3n) is 8.53. The van der Waals surface area contributed by atoms with Gasteiger partial charge in [-0.3, -0.25) is 14.4 Å². The first-order valence-corrected chi connectivity index (χ1v) is 16.2. The van der Waals surface area contributed by atoms with E-state index in [0.717, 1.165) is 6.07 Å². The molecular formula is C33H40ClF2N7O5. The number of hydrogen-bond acceptors (Lipinski definition) is 9. The van der Waals surface area contributed by atoms with Crippen molar-refractivity contribution < 1.29 is 32.6 Å². The normalized spacial score (nSPS) is 19.2. The summed E-state index contributed by atoms with van der Waals surface area (Å²) in [7, 11) is 1.66. The minimum absolute atomic E-state index is 0.111. The predicted octanol–water partition coefficient (Wildman–Crippen LogP) is 4.54. The zero-order valence-corrected chi connectivity index (χ0v) is 28.2. The van der Waals surface area contributed by atoms with E-state index in [9.17, 15) is 23.2 Å². The molecule has 3 aromatic rings. The summed E-state index contributed by atoms with van der Waals surface area (Å²) in [6, 6.07) is 3.25. The van der Waals surface area contributed by atoms with E-state index in [2.05, 4.69) is 31.2 Å². The molecule has 15 heteroatoms. The highest BCUT2D eigenvalue weighted by molar-refractivity contribution is 6.31. The number of anilines is 3. The molecule has 0 spiro atoms. The Hall–Kier alpha value is -4.14. The highest BCUT2D eigenvalue weighted by atomic mass is 35.5. The molecule has 5 rings (SSSR count). The Balaban J connectivity index is 1.46. The van der Waals surface area contributed by atoms with Crippen LogP contribution in [0.25, 0.3) is 10.9 Å². The molecule has 2 aromatic carbocycles. The van der Waals surface area contributed by atoms with Crippen molar-refractivity contribution in [1.82, 2.24) is 25.5 Å². The molecule has 4 N–H and O–H groups in total. The topological polar surface area (TPSA) is 147 Å². The van der Waals surface area contributed by atoms with E-state index >= 15 is 0 Å². The Morgan fingerprint density at radius 3 is 2.58 bits per heavy atom. The van der Waals surface area contributed by atoms with Gasteiger partial charge in [0.25, 0.3) is 0 Å². The second kappa shape index (κ2) is 14.5. The van der Waals surface area contributed by atoms with Gasteiger partial charge in [-0.25, -0.2) is 18.7 Å². The first-order valence-electron chi connectivity index (χ1n) is 15.8. The minimum atomic E-state index is -0.991. The second-order valence-electron chi connectivity index (χ2n) is 13.0. The van der Waals surface area contributed by atoms with Gasteiger partial charge in [-0.2, -0.15) is 0 Å². The molecule has 0 bridgehead atoms. The molecule has 2 aliphatic rings. The van der Waals surface area contributed by atoms with Gasteiger partial charge in [0.1, 0.15) is 46.9 Å². The van der Waals surface area contributed by atoms with Crippen molar-refractivity contribution in [3.8, 4) is 5.75 Å². The first kappa shape index (κ1) is 35.2. The summed E-state index contributed by atoms with van der Waals surface area (Å²) >= 11 is 5.79. The molecule has 4 atom stereocenters. The van der Waals surface area contributed by atoms with E-state index in [1.165, 1.54) is 17.3 Å². The van der Waals surface area contributed by atoms with Gasteiger partial charge >= 0.3 is 0 Å². The molecule has 3 amide bonds. The van der Waals surface area contributed by atoms with E-state index in [1.807, 2.05) is 20.8 Å². The molecule has 2 fully saturated rings. The van der Waals surface area contributed by atoms with Gasteiger partial charge in [0.2, 0.25) is 17.7 Å². The standard InChI is InChI=1S/C33H40ClF2N7O5/c1-17(37-5)30(44)42-28(33(2,3)4)32(46)43-11-6-7-24(43)31(45)41-23-13-19-22(14-25(23)48-18-10-12-47-15-18)38-16-39-29(19)40-21-9-8-20(35)26(34)27(21)36/h8-9,13-14,16-18,24,28,37H,6-7,10-12,15H2,1-5H3,(H,41,45)(H,42,44)(H,38,39,40)/t17-,18+,24-,28+/m0/s1. The maximum absolute atomic E-state index is 14.8. The van der Waals surface area contributed by atoms with Gasteiger partial charge in [0.05, 0.1) is 36.1 Å². The third-order valence-corrected chi connectivity index (χ3v) is 8.88. The van der Waals surface area contributed by atoms with Crippen LogP contribution in [0.2, 0.25) is 5.02 Å². The molecule has 0 aliphatic carbocycles. The molecule has 0 unspecified atom stereocenters. The maximum atomic E-state index is 14.8. The van der Waals surface area contributed by atoms with Crippen LogP contribution in [0, 0.1) is 17.0 Å². The van der Waals surface area contributed by atoms with Gasteiger partial charge in [-0.15, -0.1) is 0 Å². The third kappa shape index (κ3) is 7.61. The highest BCUT2D eigenvalue weighted by Gasteiger charge is 2.42. The largest absolute Gasteiger partial charge is 0.486 e. The molecule has 48 heavy (non-hydrogen) atoms. The summed E-state index contributed by atoms with van der Waals surface area (Å²) in [6.07, 6.45) is 2.65. The number of aromatic nitrogens is 2. The van der Waals surface area contributed by atoms with Gasteiger partial charge in [-0.1, -0.05) is 32.4 Å². The molecule has 1 aromatic heterocycles. The van der Waals surface area contributed by atoms with Crippen molar-refractivity contribution >= 4 is 57.4 Å². The molecule has 0 saturated carbocycles. The number of halogens is 3. The zero-order chi connectivity index (χ0) is 34.7. The number of nitrogens with one attached hydrogen (secondary N) is 4. The smallest absolute Gasteiger partial charge is 0.247 e. The molecular weight excluding hydrogens is 648 g/mol. The Morgan fingerprint density at radius 2 is 1.90 bits per heavy atom. The van der Waals surface area contributed by atoms with Gasteiger partial charge < -0.3 is 35.6 Å². The van der Waals surface area contributed by atoms with Crippen LogP contribution in [-0.4, -0.2) is 83.6 Å². The summed E-state index contributed by atoms with van der Waals surface area (Å²) in [5.74, 6) is -2.52. The first-order chi connectivity index (χ1) is 22.8. The number of hydrogen-bond donors (Lipinski definition) is 4. The Labute approximate surface area is 282 Å². The van der Waals surface area contributed by atoms with Crippen LogP contribution in [0.4, 0.5) is 26.0 Å². The maximum Gasteiger partial charge on any atom is 0.247 e. The van der Waals surface area contributed by atoms with E-state index in [4.69, 9.17) is 21.1 Å². The average Bonchev–Trinajstić information content (AvgIpc) is 3.76. The summed E-state index contributed by atoms with van der Waals surface area (Å²) < 4.78 is 40.3. The van der Waals surface area contributed by atoms with Crippen LogP contribution >= 0.6 is 11.6 Å². The number of nitrogens with zero attached hydrogens (tertiary/aromatic N) is 3. The van der Waals surface area contributed by atoms with E-state index in [0.29, 0.717) is 55.7 Å². The molecule has 0 radical (unpaired) electrons. The fourth-order valence-corrected chi connectivity index (χ4v) is 5.81. The number of amides is 3. The van der Waals surface area contributed by atoms with Crippen LogP contribution in [-0.2, 0) is 19.1 Å². The highest BCUT2D eigenvalue weighted by Crippen LogP contribution is 2.36. The number of likely N-dealkylation sites (N-methyl/N-ethyl adjacent to an activating group) is 1. The minimum Gasteiger partial charge on any atom is -0.486 e. The Kier molecular flexibility index (Phi) is 10.7. The number of likely N-dealkylation sites (tertiary alicyclic amines) is 1. The lowest BCUT2D eigenvalue weighted by molar-refractivity contribution is -0.143. The van der Waals surface area contributed by atoms with Crippen molar-refractivity contribution in [2.75, 3.05) is 37.4 Å². The lowest BCUT2D eigenvalue weighted by atomic mass is 9.85. The van der Waals surface area contributed by atoms with Crippen LogP contribution < -0.4 is 26.0 Å². The van der Waals surface area contributed by atoms with Crippen molar-refractivity contribution in [1.29, 1.82) is 0 Å². The van der Waals surface area contributed by atoms with Crippen molar-refractivity contribution in [2.45, 2.75) is 71.2 Å². The fourth-order valence-electron chi connectivity index (χ4n) is 5.65. The van der Waals surface area contributed by atoms with Crippen LogP contribution in [0.3, 0.4) is 0 Å². The second-order valence-corrected chi connectivity index (χ2v) is 13.4. The van der Waals surface area contributed by atoms with Crippen molar-refractivity contribution in [2.24, 2.45) is 5.41 Å². The van der Waals surface area contributed by atoms with Gasteiger partial charge in [-0.05, 0) is 50.4 Å². The molecule has 3 heterocycles. The number of carbonyl (C=O) groups is 3. The SMILES string of the molecule is CN[C@@H](C)C(=O)N[C@H](C(=O)N1CCC[C@H]1C(=O)Nc1cc2c(Nc3ccc(F)c(Cl)c3F)ncnc2cc1O[C@@H]1CCOC1)C(C)(C)C. The van der Waals surface area contributed by atoms with Crippen LogP contribution in [0.5, 0.6) is 5.75 Å². The van der Waals surface area contributed by atoms with Gasteiger partial charge in [0.15, 0.2) is 5.82 Å². The monoisotopic (exact) mass is 687 g/mol. The quantitative estimate of drug-likeness (QED) is 0.226. The molecule has 2 saturated heterocycles. The molecule has 12 nitrogen and oxygen atoms in total. The summed E-state index contributed by atoms with van der Waals surface area (Å²) in [4.78, 5) is 50.8. The number of ether oxygens (including phenoxy) is 2. The summed E-state index contributed by atoms with van der Waals surface area (Å²) in [5.41, 5.74) is -0.0486. The lowest BCUT2D eigenvalue weighted by Crippen LogP contribution is -2.59. The fraction of sp³-hybridized carbons (Fsp3) is 0.485. The van der Waals surface area contributed by atoms with Crippen molar-refractivity contribution in [3.05, 3.63) is 47.2 Å². The number of fused-ring (bicyclic) bond motifs is 1. The van der Waals surface area contributed by atoms with E-state index < -0.39 is 46.1 Å². The zero-order valence-electron chi connectivity index (χ0n) is 27.5. The molecule has 258 valence electrons. The number of carbonyl (C=O) groups excluding carboxylic acids is 3. The summed E-state index contributed by atoms with van der Waals surface area (Å²) in [6.45, 7) is 8.50. The van der Waals surface area contributed by atoms with Crippen LogP contribution in [0.1, 0.15) is 47.0 Å². The number of rotatable bonds is 10.